The van der Waals surface area contributed by atoms with Crippen molar-refractivity contribution < 1.29 is 9.21 Å². The van der Waals surface area contributed by atoms with Gasteiger partial charge in [-0.1, -0.05) is 6.92 Å². The first-order valence-electron chi connectivity index (χ1n) is 8.47. The number of amides is 1. The second kappa shape index (κ2) is 6.19. The fourth-order valence-corrected chi connectivity index (χ4v) is 3.17. The van der Waals surface area contributed by atoms with Crippen LogP contribution in [0.1, 0.15) is 47.8 Å². The number of aryl methyl sites for hydroxylation is 3. The monoisotopic (exact) mass is 340 g/mol. The summed E-state index contributed by atoms with van der Waals surface area (Å²) in [6.45, 7) is 2.87. The molecule has 0 aromatic carbocycles. The standard InChI is InChI=1S/C17H20N6O2/c1-3-14-19-16-12(6-4-8-23(16)20-14)18-17(24)11-10-22(2)21-15(11)13-7-5-9-25-13/h5,7,9-10,12H,3-4,6,8H2,1-2H3,(H,18,24). The molecular weight excluding hydrogens is 320 g/mol. The molecule has 4 rings (SSSR count). The quantitative estimate of drug-likeness (QED) is 0.785. The molecule has 0 aliphatic carbocycles. The number of carbonyl (C=O) groups is 1. The number of nitrogens with zero attached hydrogens (tertiary/aromatic N) is 5. The number of furan rings is 1. The van der Waals surface area contributed by atoms with E-state index in [4.69, 9.17) is 4.42 Å². The number of fused-ring (bicyclic) bond motifs is 1. The zero-order valence-electron chi connectivity index (χ0n) is 14.3. The minimum atomic E-state index is -0.181. The number of hydrogen-bond donors (Lipinski definition) is 1. The molecule has 1 unspecified atom stereocenters. The Morgan fingerprint density at radius 2 is 2.32 bits per heavy atom. The van der Waals surface area contributed by atoms with Crippen LogP contribution >= 0.6 is 0 Å². The fraction of sp³-hybridized carbons (Fsp3) is 0.412. The molecule has 8 heteroatoms. The van der Waals surface area contributed by atoms with Crippen molar-refractivity contribution in [3.63, 3.8) is 0 Å². The zero-order valence-corrected chi connectivity index (χ0v) is 14.3. The van der Waals surface area contributed by atoms with Crippen LogP contribution in [0.25, 0.3) is 11.5 Å². The maximum atomic E-state index is 12.9. The van der Waals surface area contributed by atoms with Crippen LogP contribution in [-0.4, -0.2) is 30.5 Å². The number of rotatable bonds is 4. The van der Waals surface area contributed by atoms with E-state index in [0.717, 1.165) is 37.5 Å². The van der Waals surface area contributed by atoms with Crippen LogP contribution in [0.15, 0.2) is 29.0 Å². The summed E-state index contributed by atoms with van der Waals surface area (Å²) in [5.74, 6) is 2.04. The first-order valence-corrected chi connectivity index (χ1v) is 8.47. The third-order valence-electron chi connectivity index (χ3n) is 4.37. The van der Waals surface area contributed by atoms with Gasteiger partial charge in [-0.05, 0) is 25.0 Å². The lowest BCUT2D eigenvalue weighted by atomic mass is 10.1. The van der Waals surface area contributed by atoms with Crippen LogP contribution < -0.4 is 5.32 Å². The van der Waals surface area contributed by atoms with Gasteiger partial charge in [0.25, 0.3) is 5.91 Å². The molecule has 1 amide bonds. The first kappa shape index (κ1) is 15.6. The van der Waals surface area contributed by atoms with Crippen LogP contribution in [0, 0.1) is 0 Å². The fourth-order valence-electron chi connectivity index (χ4n) is 3.17. The second-order valence-electron chi connectivity index (χ2n) is 6.17. The van der Waals surface area contributed by atoms with Gasteiger partial charge in [-0.15, -0.1) is 0 Å². The Labute approximate surface area is 144 Å². The number of carbonyl (C=O) groups excluding carboxylic acids is 1. The van der Waals surface area contributed by atoms with E-state index in [-0.39, 0.29) is 11.9 Å². The number of aromatic nitrogens is 5. The molecule has 25 heavy (non-hydrogen) atoms. The number of nitrogens with one attached hydrogen (secondary N) is 1. The molecule has 1 aliphatic rings. The van der Waals surface area contributed by atoms with E-state index in [9.17, 15) is 4.79 Å². The minimum Gasteiger partial charge on any atom is -0.463 e. The van der Waals surface area contributed by atoms with Gasteiger partial charge >= 0.3 is 0 Å². The summed E-state index contributed by atoms with van der Waals surface area (Å²) < 4.78 is 8.93. The zero-order chi connectivity index (χ0) is 17.4. The molecule has 3 aromatic rings. The summed E-state index contributed by atoms with van der Waals surface area (Å²) in [7, 11) is 1.79. The van der Waals surface area contributed by atoms with Crippen molar-refractivity contribution in [3.05, 3.63) is 41.8 Å². The summed E-state index contributed by atoms with van der Waals surface area (Å²) in [6.07, 6.45) is 5.87. The molecule has 0 saturated carbocycles. The summed E-state index contributed by atoms with van der Waals surface area (Å²) >= 11 is 0. The van der Waals surface area contributed by atoms with Crippen molar-refractivity contribution in [1.82, 2.24) is 29.9 Å². The van der Waals surface area contributed by atoms with Gasteiger partial charge in [0.15, 0.2) is 11.6 Å². The van der Waals surface area contributed by atoms with Crippen molar-refractivity contribution in [2.24, 2.45) is 7.05 Å². The Morgan fingerprint density at radius 3 is 3.08 bits per heavy atom. The lowest BCUT2D eigenvalue weighted by molar-refractivity contribution is 0.0927. The summed E-state index contributed by atoms with van der Waals surface area (Å²) in [4.78, 5) is 17.4. The molecule has 1 N–H and O–H groups in total. The van der Waals surface area contributed by atoms with E-state index in [0.29, 0.717) is 17.0 Å². The highest BCUT2D eigenvalue weighted by Crippen LogP contribution is 2.26. The molecule has 0 fully saturated rings. The Bertz CT molecular complexity index is 893. The van der Waals surface area contributed by atoms with Gasteiger partial charge in [0.1, 0.15) is 11.5 Å². The molecule has 0 radical (unpaired) electrons. The summed E-state index contributed by atoms with van der Waals surface area (Å²) in [5, 5.41) is 11.9. The van der Waals surface area contributed by atoms with Crippen molar-refractivity contribution in [1.29, 1.82) is 0 Å². The molecule has 3 aromatic heterocycles. The lowest BCUT2D eigenvalue weighted by Gasteiger charge is -2.23. The highest BCUT2D eigenvalue weighted by molar-refractivity contribution is 5.99. The maximum absolute atomic E-state index is 12.9. The second-order valence-corrected chi connectivity index (χ2v) is 6.17. The predicted octanol–water partition coefficient (Wildman–Crippen LogP) is 2.10. The molecule has 4 heterocycles. The van der Waals surface area contributed by atoms with Crippen molar-refractivity contribution >= 4 is 5.91 Å². The van der Waals surface area contributed by atoms with Gasteiger partial charge < -0.3 is 9.73 Å². The van der Waals surface area contributed by atoms with Crippen molar-refractivity contribution in [2.45, 2.75) is 38.8 Å². The Kier molecular flexibility index (Phi) is 3.87. The lowest BCUT2D eigenvalue weighted by Crippen LogP contribution is -2.33. The highest BCUT2D eigenvalue weighted by Gasteiger charge is 2.28. The van der Waals surface area contributed by atoms with Gasteiger partial charge in [-0.2, -0.15) is 10.2 Å². The maximum Gasteiger partial charge on any atom is 0.255 e. The van der Waals surface area contributed by atoms with Gasteiger partial charge in [0, 0.05) is 26.2 Å². The summed E-state index contributed by atoms with van der Waals surface area (Å²) in [6, 6.07) is 3.43. The Hall–Kier alpha value is -2.90. The van der Waals surface area contributed by atoms with E-state index in [2.05, 4.69) is 20.5 Å². The molecule has 0 bridgehead atoms. The third-order valence-corrected chi connectivity index (χ3v) is 4.37. The molecule has 1 atom stereocenters. The van der Waals surface area contributed by atoms with Crippen LogP contribution in [-0.2, 0) is 20.0 Å². The minimum absolute atomic E-state index is 0.140. The topological polar surface area (TPSA) is 90.8 Å². The highest BCUT2D eigenvalue weighted by atomic mass is 16.3. The molecule has 1 aliphatic heterocycles. The SMILES string of the molecule is CCc1nc2n(n1)CCCC2NC(=O)c1cn(C)nc1-c1ccco1. The largest absolute Gasteiger partial charge is 0.463 e. The smallest absolute Gasteiger partial charge is 0.255 e. The van der Waals surface area contributed by atoms with Gasteiger partial charge in [-0.25, -0.2) is 9.67 Å². The van der Waals surface area contributed by atoms with E-state index >= 15 is 0 Å². The van der Waals surface area contributed by atoms with Crippen LogP contribution in [0.5, 0.6) is 0 Å². The van der Waals surface area contributed by atoms with Crippen molar-refractivity contribution in [2.75, 3.05) is 0 Å². The Morgan fingerprint density at radius 1 is 1.44 bits per heavy atom. The molecule has 0 spiro atoms. The van der Waals surface area contributed by atoms with Gasteiger partial charge in [0.2, 0.25) is 0 Å². The first-order chi connectivity index (χ1) is 12.2. The van der Waals surface area contributed by atoms with Crippen molar-refractivity contribution in [3.8, 4) is 11.5 Å². The molecule has 130 valence electrons. The van der Waals surface area contributed by atoms with Gasteiger partial charge in [0.05, 0.1) is 17.9 Å². The summed E-state index contributed by atoms with van der Waals surface area (Å²) in [5.41, 5.74) is 1.03. The van der Waals surface area contributed by atoms with Crippen LogP contribution in [0.3, 0.4) is 0 Å². The van der Waals surface area contributed by atoms with E-state index in [1.807, 2.05) is 11.6 Å². The average molecular weight is 340 g/mol. The molecule has 8 nitrogen and oxygen atoms in total. The van der Waals surface area contributed by atoms with E-state index in [1.54, 1.807) is 36.3 Å². The van der Waals surface area contributed by atoms with E-state index < -0.39 is 0 Å². The molecule has 0 saturated heterocycles. The third kappa shape index (κ3) is 2.84. The van der Waals surface area contributed by atoms with Gasteiger partial charge in [-0.3, -0.25) is 9.48 Å². The van der Waals surface area contributed by atoms with Crippen LogP contribution in [0.4, 0.5) is 0 Å². The molecular formula is C17H20N6O2. The van der Waals surface area contributed by atoms with Crippen LogP contribution in [0.2, 0.25) is 0 Å². The normalized spacial score (nSPS) is 16.6. The predicted molar refractivity (Wildman–Crippen MR) is 89.8 cm³/mol. The number of hydrogen-bond acceptors (Lipinski definition) is 5. The average Bonchev–Trinajstić information content (AvgIpc) is 3.33. The Balaban J connectivity index is 1.61. The van der Waals surface area contributed by atoms with E-state index in [1.165, 1.54) is 0 Å².